The number of carboxylic acids is 1. The Balaban J connectivity index is 1.36. The number of fused-ring (bicyclic) bond motifs is 1. The molecule has 1 saturated heterocycles. The molecule has 1 aliphatic heterocycles. The van der Waals surface area contributed by atoms with E-state index in [0.29, 0.717) is 31.4 Å². The molecule has 0 amide bonds. The lowest BCUT2D eigenvalue weighted by Crippen LogP contribution is -3.19. The predicted molar refractivity (Wildman–Crippen MR) is 165 cm³/mol. The van der Waals surface area contributed by atoms with Gasteiger partial charge in [0.15, 0.2) is 0 Å². The summed E-state index contributed by atoms with van der Waals surface area (Å²) in [5.41, 5.74) is 4.63. The molecule has 0 aromatic rings. The summed E-state index contributed by atoms with van der Waals surface area (Å²) in [4.78, 5) is 18.8. The van der Waals surface area contributed by atoms with Crippen molar-refractivity contribution in [2.45, 2.75) is 63.6 Å². The number of hydrogen-bond donors (Lipinski definition) is 5. The van der Waals surface area contributed by atoms with Crippen LogP contribution in [0.5, 0.6) is 0 Å². The van der Waals surface area contributed by atoms with Crippen LogP contribution in [0.4, 0.5) is 0 Å². The van der Waals surface area contributed by atoms with Gasteiger partial charge in [-0.1, -0.05) is 55.4 Å². The van der Waals surface area contributed by atoms with Crippen molar-refractivity contribution in [1.29, 1.82) is 0 Å². The van der Waals surface area contributed by atoms with Crippen LogP contribution in [0.1, 0.15) is 51.9 Å². The van der Waals surface area contributed by atoms with Gasteiger partial charge in [-0.15, -0.1) is 0 Å². The molecule has 0 aromatic carbocycles. The number of aliphatic hydroxyl groups is 2. The van der Waals surface area contributed by atoms with E-state index in [1.807, 2.05) is 0 Å². The SMILES string of the molecule is CN=C(N)[NH+]1CCC2(CNCCO)C=CC3C(O)(COC4CCCC5C=CC=CC54)C(C(=O)[O-])=C4CC5CCC(C)C43C52C1. The number of piperidine rings is 1. The minimum atomic E-state index is -1.69. The highest BCUT2D eigenvalue weighted by molar-refractivity contribution is 5.91. The number of quaternary nitrogens is 1. The molecule has 0 radical (unpaired) electrons. The Hall–Kier alpha value is -2.30. The quantitative estimate of drug-likeness (QED) is 0.114. The van der Waals surface area contributed by atoms with E-state index in [2.05, 4.69) is 53.7 Å². The lowest BCUT2D eigenvalue weighted by atomic mass is 9.36. The van der Waals surface area contributed by atoms with E-state index in [9.17, 15) is 20.1 Å². The van der Waals surface area contributed by atoms with Gasteiger partial charge in [-0.2, -0.15) is 0 Å². The number of guanidine groups is 1. The monoisotopic (exact) mass is 606 g/mol. The molecule has 2 bridgehead atoms. The molecule has 7 rings (SSSR count). The molecule has 240 valence electrons. The first-order chi connectivity index (χ1) is 21.2. The van der Waals surface area contributed by atoms with Crippen molar-refractivity contribution >= 4 is 11.9 Å². The van der Waals surface area contributed by atoms with Gasteiger partial charge in [-0.3, -0.25) is 4.90 Å². The molecule has 44 heavy (non-hydrogen) atoms. The third-order valence-electron chi connectivity index (χ3n) is 13.5. The Morgan fingerprint density at radius 1 is 1.23 bits per heavy atom. The van der Waals surface area contributed by atoms with Crippen LogP contribution in [0, 0.1) is 45.8 Å². The van der Waals surface area contributed by atoms with Crippen LogP contribution in [0.3, 0.4) is 0 Å². The molecular weight excluding hydrogens is 556 g/mol. The second-order valence-corrected chi connectivity index (χ2v) is 14.9. The zero-order valence-electron chi connectivity index (χ0n) is 26.3. The molecular formula is C35H50N4O5. The highest BCUT2D eigenvalue weighted by atomic mass is 16.5. The number of aliphatic carboxylic acids is 1. The molecule has 0 aromatic heterocycles. The zero-order valence-corrected chi connectivity index (χ0v) is 26.3. The van der Waals surface area contributed by atoms with E-state index in [4.69, 9.17) is 10.5 Å². The number of carboxylic acid groups (broad SMARTS) is 1. The van der Waals surface area contributed by atoms with Crippen LogP contribution in [-0.2, 0) is 9.53 Å². The van der Waals surface area contributed by atoms with Crippen LogP contribution >= 0.6 is 0 Å². The van der Waals surface area contributed by atoms with Crippen LogP contribution in [0.25, 0.3) is 0 Å². The average molecular weight is 607 g/mol. The van der Waals surface area contributed by atoms with E-state index in [-0.39, 0.29) is 53.5 Å². The summed E-state index contributed by atoms with van der Waals surface area (Å²) in [5.74, 6) is -0.0754. The highest BCUT2D eigenvalue weighted by Crippen LogP contribution is 2.82. The first-order valence-electron chi connectivity index (χ1n) is 16.9. The van der Waals surface area contributed by atoms with Crippen LogP contribution < -0.4 is 21.1 Å². The van der Waals surface area contributed by atoms with E-state index in [1.165, 1.54) is 0 Å². The number of nitrogens with zero attached hydrogens (tertiary/aromatic N) is 1. The van der Waals surface area contributed by atoms with Gasteiger partial charge in [0, 0.05) is 60.2 Å². The molecule has 11 atom stereocenters. The zero-order chi connectivity index (χ0) is 30.9. The number of ether oxygens (including phenoxy) is 1. The van der Waals surface area contributed by atoms with E-state index >= 15 is 0 Å². The van der Waals surface area contributed by atoms with Crippen molar-refractivity contribution in [1.82, 2.24) is 5.32 Å². The maximum absolute atomic E-state index is 13.3. The van der Waals surface area contributed by atoms with Crippen molar-refractivity contribution in [3.8, 4) is 0 Å². The van der Waals surface area contributed by atoms with Gasteiger partial charge in [-0.05, 0) is 49.9 Å². The van der Waals surface area contributed by atoms with Crippen molar-refractivity contribution in [2.24, 2.45) is 56.6 Å². The fourth-order valence-electron chi connectivity index (χ4n) is 12.0. The fourth-order valence-corrected chi connectivity index (χ4v) is 12.0. The molecule has 9 nitrogen and oxygen atoms in total. The largest absolute Gasteiger partial charge is 0.545 e. The molecule has 11 unspecified atom stereocenters. The number of nitrogens with one attached hydrogen (secondary N) is 2. The summed E-state index contributed by atoms with van der Waals surface area (Å²) in [6.45, 7) is 5.01. The third kappa shape index (κ3) is 3.82. The van der Waals surface area contributed by atoms with Crippen LogP contribution in [-0.4, -0.2) is 80.3 Å². The number of hydrogen-bond acceptors (Lipinski definition) is 7. The van der Waals surface area contributed by atoms with Gasteiger partial charge in [0.25, 0.3) is 5.96 Å². The second kappa shape index (κ2) is 10.9. The maximum atomic E-state index is 13.3. The van der Waals surface area contributed by atoms with Crippen molar-refractivity contribution in [3.05, 3.63) is 47.6 Å². The van der Waals surface area contributed by atoms with Crippen molar-refractivity contribution < 1.29 is 29.8 Å². The number of likely N-dealkylation sites (tertiary alicyclic amines) is 1. The Bertz CT molecular complexity index is 1340. The maximum Gasteiger partial charge on any atom is 0.293 e. The van der Waals surface area contributed by atoms with Gasteiger partial charge in [0.05, 0.1) is 38.4 Å². The number of carbonyl (C=O) groups excluding carboxylic acids is 1. The molecule has 9 heteroatoms. The Labute approximate surface area is 261 Å². The first-order valence-corrected chi connectivity index (χ1v) is 16.9. The van der Waals surface area contributed by atoms with E-state index in [0.717, 1.165) is 62.1 Å². The average Bonchev–Trinajstić information content (AvgIpc) is 3.37. The number of allylic oxidation sites excluding steroid dienone is 4. The number of aliphatic hydroxyl groups excluding tert-OH is 1. The molecule has 2 spiro atoms. The number of nitrogens with two attached hydrogens (primary N) is 1. The van der Waals surface area contributed by atoms with E-state index < -0.39 is 22.9 Å². The van der Waals surface area contributed by atoms with Crippen LogP contribution in [0.15, 0.2) is 52.6 Å². The fraction of sp³-hybridized carbons (Fsp3) is 0.714. The summed E-state index contributed by atoms with van der Waals surface area (Å²) >= 11 is 0. The standard InChI is InChI=1S/C35H50N4O5/c1-22-10-11-24-18-26-29(30(41)42)33(43,21-44-27-9-5-7-23-6-3-4-8-25(23)27)28-12-13-32(19-38-15-17-40)14-16-39(31(36)37-2)20-34(24,32)35(22,26)28/h3-4,6,8,12-13,22-25,27-28,38,40,43H,5,7,9-11,14-21H2,1-2H3,(H2,36,37)(H,41,42). The summed E-state index contributed by atoms with van der Waals surface area (Å²) in [6.07, 6.45) is 19.6. The topological polar surface area (TPSA) is 145 Å². The molecule has 4 fully saturated rings. The molecule has 3 saturated carbocycles. The summed E-state index contributed by atoms with van der Waals surface area (Å²) in [6, 6.07) is 0. The lowest BCUT2D eigenvalue weighted by molar-refractivity contribution is -0.831. The Morgan fingerprint density at radius 2 is 2.05 bits per heavy atom. The number of aliphatic imine (C=N–C) groups is 1. The number of carbonyl (C=O) groups is 1. The minimum Gasteiger partial charge on any atom is -0.545 e. The van der Waals surface area contributed by atoms with Gasteiger partial charge in [-0.25, -0.2) is 4.99 Å². The lowest BCUT2D eigenvalue weighted by Gasteiger charge is -2.68. The van der Waals surface area contributed by atoms with Crippen LogP contribution in [0.2, 0.25) is 0 Å². The predicted octanol–water partition coefficient (Wildman–Crippen LogP) is 0.115. The summed E-state index contributed by atoms with van der Waals surface area (Å²) in [7, 11) is 1.74. The molecule has 1 heterocycles. The number of rotatable bonds is 8. The smallest absolute Gasteiger partial charge is 0.293 e. The normalized spacial score (nSPS) is 47.0. The first kappa shape index (κ1) is 30.4. The Morgan fingerprint density at radius 3 is 2.82 bits per heavy atom. The van der Waals surface area contributed by atoms with Gasteiger partial charge in [0.2, 0.25) is 0 Å². The highest BCUT2D eigenvalue weighted by Gasteiger charge is 2.83. The third-order valence-corrected chi connectivity index (χ3v) is 13.5. The summed E-state index contributed by atoms with van der Waals surface area (Å²) in [5, 5.41) is 39.4. The minimum absolute atomic E-state index is 0.0539. The van der Waals surface area contributed by atoms with E-state index in [1.54, 1.807) is 7.05 Å². The summed E-state index contributed by atoms with van der Waals surface area (Å²) < 4.78 is 6.68. The van der Waals surface area contributed by atoms with Gasteiger partial charge in [0.1, 0.15) is 5.60 Å². The van der Waals surface area contributed by atoms with Gasteiger partial charge >= 0.3 is 0 Å². The van der Waals surface area contributed by atoms with Crippen molar-refractivity contribution in [2.75, 3.05) is 46.4 Å². The molecule has 7 aliphatic rings. The second-order valence-electron chi connectivity index (χ2n) is 14.9. The van der Waals surface area contributed by atoms with Gasteiger partial charge < -0.3 is 35.9 Å². The van der Waals surface area contributed by atoms with Crippen molar-refractivity contribution in [3.63, 3.8) is 0 Å². The molecule has 6 N–H and O–H groups in total. The Kier molecular flexibility index (Phi) is 7.52. The molecule has 6 aliphatic carbocycles.